The average Bonchev–Trinajstić information content (AvgIpc) is 2.24. The second-order valence-electron chi connectivity index (χ2n) is 3.44. The molecule has 0 aromatic rings. The van der Waals surface area contributed by atoms with Gasteiger partial charge in [-0.2, -0.15) is 0 Å². The lowest BCUT2D eigenvalue weighted by atomic mass is 9.92. The van der Waals surface area contributed by atoms with Gasteiger partial charge in [0.05, 0.1) is 5.71 Å². The van der Waals surface area contributed by atoms with Crippen molar-refractivity contribution in [3.05, 3.63) is 59.3 Å². The maximum absolute atomic E-state index is 7.99. The molecule has 0 saturated carbocycles. The minimum Gasteiger partial charge on any atom is -0.300 e. The maximum atomic E-state index is 7.99. The van der Waals surface area contributed by atoms with Crippen LogP contribution in [0, 0.1) is 5.41 Å². The van der Waals surface area contributed by atoms with E-state index in [0.717, 1.165) is 16.7 Å². The van der Waals surface area contributed by atoms with E-state index in [1.54, 1.807) is 0 Å². The molecule has 0 atom stereocenters. The molecule has 0 unspecified atom stereocenters. The van der Waals surface area contributed by atoms with E-state index < -0.39 is 0 Å². The van der Waals surface area contributed by atoms with Crippen LogP contribution in [-0.4, -0.2) is 5.71 Å². The van der Waals surface area contributed by atoms with E-state index in [1.165, 1.54) is 0 Å². The predicted octanol–water partition coefficient (Wildman–Crippen LogP) is 3.97. The normalized spacial score (nSPS) is 20.2. The summed E-state index contributed by atoms with van der Waals surface area (Å²) in [5.41, 5.74) is 3.74. The van der Waals surface area contributed by atoms with Gasteiger partial charge in [0.15, 0.2) is 0 Å². The highest BCUT2D eigenvalue weighted by molar-refractivity contribution is 6.14. The van der Waals surface area contributed by atoms with Gasteiger partial charge in [-0.15, -0.1) is 0 Å². The van der Waals surface area contributed by atoms with E-state index >= 15 is 0 Å². The Hall–Kier alpha value is -1.63. The summed E-state index contributed by atoms with van der Waals surface area (Å²) in [4.78, 5) is 0. The molecule has 1 N–H and O–H groups in total. The first-order valence-electron chi connectivity index (χ1n) is 5.14. The lowest BCUT2D eigenvalue weighted by molar-refractivity contribution is 1.37. The van der Waals surface area contributed by atoms with Crippen molar-refractivity contribution in [2.24, 2.45) is 0 Å². The zero-order valence-electron chi connectivity index (χ0n) is 9.54. The predicted molar refractivity (Wildman–Crippen MR) is 67.3 cm³/mol. The first kappa shape index (κ1) is 11.4. The van der Waals surface area contributed by atoms with Crippen LogP contribution < -0.4 is 0 Å². The summed E-state index contributed by atoms with van der Waals surface area (Å²) in [6.07, 6.45) is 14.0. The third kappa shape index (κ3) is 2.66. The number of nitrogens with one attached hydrogen (secondary N) is 1. The third-order valence-corrected chi connectivity index (χ3v) is 2.35. The van der Waals surface area contributed by atoms with Crippen LogP contribution in [0.1, 0.15) is 20.8 Å². The van der Waals surface area contributed by atoms with Crippen molar-refractivity contribution in [2.45, 2.75) is 20.8 Å². The maximum Gasteiger partial charge on any atom is 0.0647 e. The van der Waals surface area contributed by atoms with Gasteiger partial charge in [-0.05, 0) is 37.5 Å². The van der Waals surface area contributed by atoms with Crippen LogP contribution in [0.4, 0.5) is 0 Å². The van der Waals surface area contributed by atoms with Gasteiger partial charge in [0.25, 0.3) is 0 Å². The Morgan fingerprint density at radius 3 is 2.47 bits per heavy atom. The molecule has 0 fully saturated rings. The molecule has 0 amide bonds. The summed E-state index contributed by atoms with van der Waals surface area (Å²) in [5, 5.41) is 7.99. The topological polar surface area (TPSA) is 23.9 Å². The van der Waals surface area contributed by atoms with Gasteiger partial charge in [-0.3, -0.25) is 5.41 Å². The SMILES string of the molecule is C/C=C\C=C1\C=CC(/C=C\C)=C(C)C1=N. The molecule has 1 heteroatoms. The minimum atomic E-state index is 0.615. The smallest absolute Gasteiger partial charge is 0.0647 e. The van der Waals surface area contributed by atoms with E-state index in [1.807, 2.05) is 57.2 Å². The van der Waals surface area contributed by atoms with Crippen molar-refractivity contribution in [3.63, 3.8) is 0 Å². The molecular weight excluding hydrogens is 182 g/mol. The minimum absolute atomic E-state index is 0.615. The fourth-order valence-electron chi connectivity index (χ4n) is 1.45. The van der Waals surface area contributed by atoms with Crippen molar-refractivity contribution in [1.29, 1.82) is 5.41 Å². The van der Waals surface area contributed by atoms with Gasteiger partial charge < -0.3 is 0 Å². The van der Waals surface area contributed by atoms with Crippen LogP contribution in [-0.2, 0) is 0 Å². The third-order valence-electron chi connectivity index (χ3n) is 2.35. The molecule has 0 aliphatic heterocycles. The number of rotatable bonds is 2. The summed E-state index contributed by atoms with van der Waals surface area (Å²) in [5.74, 6) is 0. The van der Waals surface area contributed by atoms with Crippen LogP contribution in [0.2, 0.25) is 0 Å². The Kier molecular flexibility index (Phi) is 4.04. The molecule has 0 heterocycles. The second kappa shape index (κ2) is 5.30. The molecule has 1 nitrogen and oxygen atoms in total. The standard InChI is InChI=1S/C14H17N/c1-4-6-8-13-10-9-12(7-5-2)11(3)14(13)15/h4-10,15H,1-3H3/b6-4-,7-5-,13-8-,15-14?. The van der Waals surface area contributed by atoms with Crippen molar-refractivity contribution in [1.82, 2.24) is 0 Å². The van der Waals surface area contributed by atoms with Crippen LogP contribution in [0.3, 0.4) is 0 Å². The van der Waals surface area contributed by atoms with E-state index in [0.29, 0.717) is 5.71 Å². The molecule has 0 aromatic heterocycles. The Labute approximate surface area is 91.7 Å². The molecule has 15 heavy (non-hydrogen) atoms. The van der Waals surface area contributed by atoms with E-state index in [2.05, 4.69) is 6.08 Å². The van der Waals surface area contributed by atoms with Gasteiger partial charge in [-0.25, -0.2) is 0 Å². The average molecular weight is 199 g/mol. The van der Waals surface area contributed by atoms with Gasteiger partial charge in [0, 0.05) is 0 Å². The van der Waals surface area contributed by atoms with Gasteiger partial charge >= 0.3 is 0 Å². The van der Waals surface area contributed by atoms with Gasteiger partial charge in [-0.1, -0.05) is 42.5 Å². The van der Waals surface area contributed by atoms with E-state index in [-0.39, 0.29) is 0 Å². The Morgan fingerprint density at radius 1 is 1.13 bits per heavy atom. The van der Waals surface area contributed by atoms with Crippen molar-refractivity contribution >= 4 is 5.71 Å². The summed E-state index contributed by atoms with van der Waals surface area (Å²) in [7, 11) is 0. The van der Waals surface area contributed by atoms with Crippen molar-refractivity contribution in [3.8, 4) is 0 Å². The number of hydrogen-bond acceptors (Lipinski definition) is 1. The van der Waals surface area contributed by atoms with Crippen molar-refractivity contribution < 1.29 is 0 Å². The van der Waals surface area contributed by atoms with Crippen molar-refractivity contribution in [2.75, 3.05) is 0 Å². The molecule has 0 aromatic carbocycles. The molecule has 0 spiro atoms. The monoisotopic (exact) mass is 199 g/mol. The Balaban J connectivity index is 3.04. The Bertz CT molecular complexity index is 401. The highest BCUT2D eigenvalue weighted by atomic mass is 14.4. The van der Waals surface area contributed by atoms with Gasteiger partial charge in [0.2, 0.25) is 0 Å². The van der Waals surface area contributed by atoms with E-state index in [9.17, 15) is 0 Å². The summed E-state index contributed by atoms with van der Waals surface area (Å²) in [6, 6.07) is 0. The molecule has 1 rings (SSSR count). The lowest BCUT2D eigenvalue weighted by Crippen LogP contribution is -2.06. The number of allylic oxidation sites excluding steroid dienone is 10. The zero-order valence-corrected chi connectivity index (χ0v) is 9.54. The molecule has 1 aliphatic rings. The molecule has 0 radical (unpaired) electrons. The van der Waals surface area contributed by atoms with Crippen LogP contribution in [0.25, 0.3) is 0 Å². The molecule has 78 valence electrons. The highest BCUT2D eigenvalue weighted by Crippen LogP contribution is 2.20. The first-order valence-corrected chi connectivity index (χ1v) is 5.14. The first-order chi connectivity index (χ1) is 7.20. The van der Waals surface area contributed by atoms with E-state index in [4.69, 9.17) is 5.41 Å². The van der Waals surface area contributed by atoms with Crippen LogP contribution in [0.5, 0.6) is 0 Å². The number of hydrogen-bond donors (Lipinski definition) is 1. The summed E-state index contributed by atoms with van der Waals surface area (Å²) < 4.78 is 0. The second-order valence-corrected chi connectivity index (χ2v) is 3.44. The lowest BCUT2D eigenvalue weighted by Gasteiger charge is -2.13. The largest absolute Gasteiger partial charge is 0.300 e. The summed E-state index contributed by atoms with van der Waals surface area (Å²) in [6.45, 7) is 5.95. The quantitative estimate of drug-likeness (QED) is 0.695. The highest BCUT2D eigenvalue weighted by Gasteiger charge is 2.11. The Morgan fingerprint density at radius 2 is 1.87 bits per heavy atom. The van der Waals surface area contributed by atoms with Crippen LogP contribution in [0.15, 0.2) is 59.3 Å². The summed E-state index contributed by atoms with van der Waals surface area (Å²) >= 11 is 0. The molecule has 1 aliphatic carbocycles. The zero-order chi connectivity index (χ0) is 11.3. The molecular formula is C14H17N. The molecule has 0 bridgehead atoms. The fourth-order valence-corrected chi connectivity index (χ4v) is 1.45. The van der Waals surface area contributed by atoms with Gasteiger partial charge in [0.1, 0.15) is 0 Å². The molecule has 0 saturated heterocycles. The fraction of sp³-hybridized carbons (Fsp3) is 0.214. The van der Waals surface area contributed by atoms with Crippen LogP contribution >= 0.6 is 0 Å².